The van der Waals surface area contributed by atoms with Crippen molar-refractivity contribution in [2.24, 2.45) is 0 Å². The summed E-state index contributed by atoms with van der Waals surface area (Å²) in [6.07, 6.45) is 0. The Morgan fingerprint density at radius 3 is 2.55 bits per heavy atom. The highest BCUT2D eigenvalue weighted by atomic mass is 79.9. The normalized spacial score (nSPS) is 10.4. The van der Waals surface area contributed by atoms with Crippen molar-refractivity contribution in [3.8, 4) is 5.75 Å². The van der Waals surface area contributed by atoms with Crippen LogP contribution in [-0.4, -0.2) is 7.11 Å². The molecule has 0 saturated heterocycles. The van der Waals surface area contributed by atoms with Gasteiger partial charge in [-0.2, -0.15) is 0 Å². The van der Waals surface area contributed by atoms with Gasteiger partial charge in [-0.1, -0.05) is 12.1 Å². The number of hydrogen-bond donors (Lipinski definition) is 1. The third kappa shape index (κ3) is 3.31. The number of rotatable bonds is 4. The molecule has 0 heterocycles. The van der Waals surface area contributed by atoms with E-state index in [4.69, 9.17) is 4.74 Å². The minimum Gasteiger partial charge on any atom is -0.496 e. The lowest BCUT2D eigenvalue weighted by molar-refractivity contribution is 0.411. The molecule has 0 unspecified atom stereocenters. The quantitative estimate of drug-likeness (QED) is 0.862. The van der Waals surface area contributed by atoms with Crippen molar-refractivity contribution in [2.45, 2.75) is 20.4 Å². The molecule has 0 aliphatic heterocycles. The summed E-state index contributed by atoms with van der Waals surface area (Å²) in [6, 6.07) is 9.30. The second kappa shape index (κ2) is 6.27. The first-order chi connectivity index (χ1) is 9.51. The van der Waals surface area contributed by atoms with E-state index in [2.05, 4.69) is 27.3 Å². The van der Waals surface area contributed by atoms with E-state index in [0.717, 1.165) is 28.1 Å². The molecule has 0 aliphatic carbocycles. The van der Waals surface area contributed by atoms with Gasteiger partial charge in [0.15, 0.2) is 0 Å². The lowest BCUT2D eigenvalue weighted by atomic mass is 10.1. The first-order valence-electron chi connectivity index (χ1n) is 6.34. The summed E-state index contributed by atoms with van der Waals surface area (Å²) in [5.41, 5.74) is 4.03. The molecule has 20 heavy (non-hydrogen) atoms. The highest BCUT2D eigenvalue weighted by Gasteiger charge is 2.06. The number of aryl methyl sites for hydroxylation is 2. The number of hydrogen-bond acceptors (Lipinski definition) is 2. The number of benzene rings is 2. The second-order valence-electron chi connectivity index (χ2n) is 4.74. The van der Waals surface area contributed by atoms with Crippen molar-refractivity contribution in [3.05, 3.63) is 57.3 Å². The zero-order chi connectivity index (χ0) is 14.7. The van der Waals surface area contributed by atoms with Gasteiger partial charge in [-0.25, -0.2) is 4.39 Å². The Kier molecular flexibility index (Phi) is 4.65. The molecule has 106 valence electrons. The van der Waals surface area contributed by atoms with E-state index in [1.165, 1.54) is 6.07 Å². The van der Waals surface area contributed by atoms with Crippen molar-refractivity contribution >= 4 is 21.6 Å². The summed E-state index contributed by atoms with van der Waals surface area (Å²) >= 11 is 3.18. The zero-order valence-corrected chi connectivity index (χ0v) is 13.3. The van der Waals surface area contributed by atoms with Gasteiger partial charge in [0.25, 0.3) is 0 Å². The molecule has 0 atom stereocenters. The van der Waals surface area contributed by atoms with Crippen molar-refractivity contribution < 1.29 is 9.13 Å². The first kappa shape index (κ1) is 14.9. The summed E-state index contributed by atoms with van der Waals surface area (Å²) in [4.78, 5) is 0. The highest BCUT2D eigenvalue weighted by Crippen LogP contribution is 2.25. The summed E-state index contributed by atoms with van der Waals surface area (Å²) in [6.45, 7) is 4.60. The van der Waals surface area contributed by atoms with Crippen LogP contribution in [0.15, 0.2) is 34.8 Å². The fourth-order valence-corrected chi connectivity index (χ4v) is 2.54. The van der Waals surface area contributed by atoms with E-state index in [9.17, 15) is 4.39 Å². The summed E-state index contributed by atoms with van der Waals surface area (Å²) < 4.78 is 19.3. The predicted octanol–water partition coefficient (Wildman–Crippen LogP) is 4.83. The Labute approximate surface area is 127 Å². The van der Waals surface area contributed by atoms with E-state index in [0.29, 0.717) is 11.0 Å². The van der Waals surface area contributed by atoms with Crippen LogP contribution in [0, 0.1) is 19.7 Å². The average Bonchev–Trinajstić information content (AvgIpc) is 2.41. The molecule has 1 N–H and O–H groups in total. The van der Waals surface area contributed by atoms with Gasteiger partial charge < -0.3 is 10.1 Å². The maximum atomic E-state index is 13.5. The fraction of sp³-hybridized carbons (Fsp3) is 0.250. The van der Waals surface area contributed by atoms with Gasteiger partial charge in [0.2, 0.25) is 0 Å². The predicted molar refractivity (Wildman–Crippen MR) is 83.9 cm³/mol. The maximum absolute atomic E-state index is 13.5. The number of nitrogens with one attached hydrogen (secondary N) is 1. The SMILES string of the molecule is COc1ccc(CNc2cc(F)c(Br)cc2C)cc1C. The van der Waals surface area contributed by atoms with Gasteiger partial charge in [0.1, 0.15) is 11.6 Å². The Hall–Kier alpha value is -1.55. The van der Waals surface area contributed by atoms with Crippen LogP contribution in [0.5, 0.6) is 5.75 Å². The summed E-state index contributed by atoms with van der Waals surface area (Å²) in [5, 5.41) is 3.26. The molecule has 2 nitrogen and oxygen atoms in total. The molecule has 0 amide bonds. The lowest BCUT2D eigenvalue weighted by Gasteiger charge is -2.12. The Morgan fingerprint density at radius 2 is 1.90 bits per heavy atom. The van der Waals surface area contributed by atoms with Gasteiger partial charge >= 0.3 is 0 Å². The number of anilines is 1. The van der Waals surface area contributed by atoms with Crippen LogP contribution in [0.4, 0.5) is 10.1 Å². The highest BCUT2D eigenvalue weighted by molar-refractivity contribution is 9.10. The van der Waals surface area contributed by atoms with Crippen LogP contribution < -0.4 is 10.1 Å². The van der Waals surface area contributed by atoms with Crippen molar-refractivity contribution in [3.63, 3.8) is 0 Å². The first-order valence-corrected chi connectivity index (χ1v) is 7.13. The molecule has 0 radical (unpaired) electrons. The van der Waals surface area contributed by atoms with Crippen molar-refractivity contribution in [2.75, 3.05) is 12.4 Å². The molecule has 4 heteroatoms. The smallest absolute Gasteiger partial charge is 0.139 e. The van der Waals surface area contributed by atoms with E-state index < -0.39 is 0 Å². The average molecular weight is 338 g/mol. The molecule has 0 aromatic heterocycles. The second-order valence-corrected chi connectivity index (χ2v) is 5.59. The van der Waals surface area contributed by atoms with Crippen LogP contribution in [-0.2, 0) is 6.54 Å². The van der Waals surface area contributed by atoms with Gasteiger partial charge in [-0.3, -0.25) is 0 Å². The maximum Gasteiger partial charge on any atom is 0.139 e. The van der Waals surface area contributed by atoms with Gasteiger partial charge in [-0.05, 0) is 64.7 Å². The van der Waals surface area contributed by atoms with Gasteiger partial charge in [0.05, 0.1) is 11.6 Å². The molecule has 0 bridgehead atoms. The summed E-state index contributed by atoms with van der Waals surface area (Å²) in [7, 11) is 1.66. The Balaban J connectivity index is 2.13. The number of methoxy groups -OCH3 is 1. The minimum absolute atomic E-state index is 0.260. The van der Waals surface area contributed by atoms with E-state index in [-0.39, 0.29) is 5.82 Å². The van der Waals surface area contributed by atoms with Crippen LogP contribution in [0.3, 0.4) is 0 Å². The van der Waals surface area contributed by atoms with Crippen LogP contribution >= 0.6 is 15.9 Å². The Bertz CT molecular complexity index is 628. The number of ether oxygens (including phenoxy) is 1. The number of halogens is 2. The molecule has 0 aliphatic rings. The minimum atomic E-state index is -0.260. The van der Waals surface area contributed by atoms with Crippen LogP contribution in [0.1, 0.15) is 16.7 Å². The van der Waals surface area contributed by atoms with Crippen LogP contribution in [0.2, 0.25) is 0 Å². The van der Waals surface area contributed by atoms with Gasteiger partial charge in [-0.15, -0.1) is 0 Å². The van der Waals surface area contributed by atoms with Crippen molar-refractivity contribution in [1.29, 1.82) is 0 Å². The van der Waals surface area contributed by atoms with Crippen molar-refractivity contribution in [1.82, 2.24) is 0 Å². The standard InChI is InChI=1S/C16H17BrFNO/c1-10-7-13(17)14(18)8-15(10)19-9-12-4-5-16(20-3)11(2)6-12/h4-8,19H,9H2,1-3H3. The largest absolute Gasteiger partial charge is 0.496 e. The molecule has 0 fully saturated rings. The van der Waals surface area contributed by atoms with Gasteiger partial charge in [0, 0.05) is 12.2 Å². The molecule has 0 spiro atoms. The van der Waals surface area contributed by atoms with Crippen LogP contribution in [0.25, 0.3) is 0 Å². The zero-order valence-electron chi connectivity index (χ0n) is 11.8. The molecule has 2 rings (SSSR count). The molecule has 0 saturated carbocycles. The molecule has 2 aromatic rings. The van der Waals surface area contributed by atoms with E-state index in [1.807, 2.05) is 26.0 Å². The molecular formula is C16H17BrFNO. The van der Waals surface area contributed by atoms with E-state index in [1.54, 1.807) is 13.2 Å². The molecular weight excluding hydrogens is 321 g/mol. The fourth-order valence-electron chi connectivity index (χ4n) is 2.08. The molecule has 2 aromatic carbocycles. The Morgan fingerprint density at radius 1 is 1.15 bits per heavy atom. The lowest BCUT2D eigenvalue weighted by Crippen LogP contribution is -2.02. The summed E-state index contributed by atoms with van der Waals surface area (Å²) in [5.74, 6) is 0.614. The topological polar surface area (TPSA) is 21.3 Å². The third-order valence-electron chi connectivity index (χ3n) is 3.21. The monoisotopic (exact) mass is 337 g/mol. The van der Waals surface area contributed by atoms with E-state index >= 15 is 0 Å². The third-order valence-corrected chi connectivity index (χ3v) is 3.82.